The van der Waals surface area contributed by atoms with Crippen molar-refractivity contribution >= 4 is 28.9 Å². The van der Waals surface area contributed by atoms with Gasteiger partial charge in [-0.2, -0.15) is 0 Å². The highest BCUT2D eigenvalue weighted by Crippen LogP contribution is 2.44. The lowest BCUT2D eigenvalue weighted by Crippen LogP contribution is -2.52. The van der Waals surface area contributed by atoms with Crippen molar-refractivity contribution < 1.29 is 18.7 Å². The van der Waals surface area contributed by atoms with E-state index in [0.29, 0.717) is 28.4 Å². The average Bonchev–Trinajstić information content (AvgIpc) is 3.33. The summed E-state index contributed by atoms with van der Waals surface area (Å²) in [6, 6.07) is 25.7. The van der Waals surface area contributed by atoms with Crippen LogP contribution in [0.3, 0.4) is 0 Å². The van der Waals surface area contributed by atoms with E-state index in [2.05, 4.69) is 15.6 Å². The van der Waals surface area contributed by atoms with Gasteiger partial charge in [0.05, 0.1) is 23.0 Å². The van der Waals surface area contributed by atoms with Gasteiger partial charge in [-0.05, 0) is 63.3 Å². The Morgan fingerprint density at radius 1 is 0.907 bits per heavy atom. The van der Waals surface area contributed by atoms with Crippen LogP contribution < -0.4 is 10.6 Å². The van der Waals surface area contributed by atoms with Gasteiger partial charge in [-0.1, -0.05) is 66.7 Å². The molecule has 8 nitrogen and oxygen atoms in total. The molecule has 0 bridgehead atoms. The highest BCUT2D eigenvalue weighted by Gasteiger charge is 2.41. The fourth-order valence-corrected chi connectivity index (χ4v) is 5.50. The quantitative estimate of drug-likeness (QED) is 0.212. The van der Waals surface area contributed by atoms with Gasteiger partial charge in [0.1, 0.15) is 16.9 Å². The van der Waals surface area contributed by atoms with E-state index in [-0.39, 0.29) is 5.91 Å². The van der Waals surface area contributed by atoms with Crippen LogP contribution in [-0.4, -0.2) is 27.6 Å². The summed E-state index contributed by atoms with van der Waals surface area (Å²) < 4.78 is 11.9. The number of carbonyl (C=O) groups excluding carboxylic acids is 2. The van der Waals surface area contributed by atoms with Gasteiger partial charge in [-0.15, -0.1) is 0 Å². The molecular formula is C35H34N4O4. The largest absolute Gasteiger partial charge is 0.444 e. The van der Waals surface area contributed by atoms with Crippen LogP contribution in [0.1, 0.15) is 52.5 Å². The van der Waals surface area contributed by atoms with Crippen LogP contribution in [0.5, 0.6) is 0 Å². The van der Waals surface area contributed by atoms with Crippen LogP contribution in [0.2, 0.25) is 0 Å². The normalized spacial score (nSPS) is 14.1. The van der Waals surface area contributed by atoms with Gasteiger partial charge in [0, 0.05) is 23.7 Å². The number of aromatic nitrogens is 2. The number of fused-ring (bicyclic) bond motifs is 1. The Kier molecular flexibility index (Phi) is 7.22. The molecule has 0 aliphatic heterocycles. The molecule has 1 saturated carbocycles. The van der Waals surface area contributed by atoms with E-state index in [1.165, 1.54) is 6.92 Å². The number of amides is 2. The van der Waals surface area contributed by atoms with E-state index < -0.39 is 17.2 Å². The molecule has 6 rings (SSSR count). The highest BCUT2D eigenvalue weighted by atomic mass is 16.6. The van der Waals surface area contributed by atoms with E-state index in [1.807, 2.05) is 99.6 Å². The summed E-state index contributed by atoms with van der Waals surface area (Å²) in [6.07, 6.45) is 4.02. The van der Waals surface area contributed by atoms with Crippen molar-refractivity contribution in [3.05, 3.63) is 90.6 Å². The number of alkyl carbamates (subject to hydrolysis) is 1. The number of carbonyl (C=O) groups is 2. The third kappa shape index (κ3) is 5.86. The Morgan fingerprint density at radius 2 is 1.63 bits per heavy atom. The summed E-state index contributed by atoms with van der Waals surface area (Å²) in [5.74, 6) is 0.527. The molecule has 0 atom stereocenters. The molecule has 2 aromatic heterocycles. The minimum atomic E-state index is -0.565. The van der Waals surface area contributed by atoms with Gasteiger partial charge >= 0.3 is 6.09 Å². The summed E-state index contributed by atoms with van der Waals surface area (Å²) in [7, 11) is 0. The number of nitrogens with one attached hydrogen (secondary N) is 2. The summed E-state index contributed by atoms with van der Waals surface area (Å²) in [5, 5.41) is 5.95. The first kappa shape index (κ1) is 28.2. The lowest BCUT2D eigenvalue weighted by Gasteiger charge is -2.43. The Balaban J connectivity index is 1.39. The number of hydrogen-bond acceptors (Lipinski definition) is 6. The van der Waals surface area contributed by atoms with Crippen molar-refractivity contribution in [2.24, 2.45) is 0 Å². The van der Waals surface area contributed by atoms with Crippen LogP contribution >= 0.6 is 0 Å². The Hall–Kier alpha value is -4.98. The summed E-state index contributed by atoms with van der Waals surface area (Å²) in [4.78, 5) is 33.9. The van der Waals surface area contributed by atoms with Crippen molar-refractivity contribution in [2.75, 3.05) is 5.32 Å². The topological polar surface area (TPSA) is 106 Å². The van der Waals surface area contributed by atoms with Crippen molar-refractivity contribution in [1.29, 1.82) is 0 Å². The number of furan rings is 1. The second-order valence-corrected chi connectivity index (χ2v) is 12.0. The molecule has 2 amide bonds. The number of anilines is 1. The molecule has 218 valence electrons. The third-order valence-corrected chi connectivity index (χ3v) is 7.59. The van der Waals surface area contributed by atoms with E-state index in [9.17, 15) is 9.59 Å². The molecule has 0 spiro atoms. The predicted octanol–water partition coefficient (Wildman–Crippen LogP) is 8.09. The van der Waals surface area contributed by atoms with Crippen LogP contribution in [0, 0.1) is 0 Å². The molecule has 2 heterocycles. The Bertz CT molecular complexity index is 1800. The maximum absolute atomic E-state index is 12.6. The molecule has 0 radical (unpaired) electrons. The molecule has 3 aromatic carbocycles. The van der Waals surface area contributed by atoms with Gasteiger partial charge in [0.25, 0.3) is 0 Å². The van der Waals surface area contributed by atoms with Crippen LogP contribution in [0.25, 0.3) is 44.9 Å². The number of nitrogens with zero attached hydrogens (tertiary/aromatic N) is 2. The van der Waals surface area contributed by atoms with E-state index in [0.717, 1.165) is 47.1 Å². The predicted molar refractivity (Wildman–Crippen MR) is 167 cm³/mol. The molecule has 0 saturated heterocycles. The van der Waals surface area contributed by atoms with Gasteiger partial charge in [0.2, 0.25) is 11.6 Å². The lowest BCUT2D eigenvalue weighted by atomic mass is 9.71. The highest BCUT2D eigenvalue weighted by molar-refractivity contribution is 5.99. The van der Waals surface area contributed by atoms with E-state index >= 15 is 0 Å². The number of ether oxygens (including phenoxy) is 1. The second-order valence-electron chi connectivity index (χ2n) is 12.0. The Labute approximate surface area is 250 Å². The first-order chi connectivity index (χ1) is 20.6. The summed E-state index contributed by atoms with van der Waals surface area (Å²) in [5.41, 5.74) is 5.97. The number of rotatable bonds is 6. The zero-order valence-corrected chi connectivity index (χ0v) is 24.7. The van der Waals surface area contributed by atoms with Crippen molar-refractivity contribution in [2.45, 2.75) is 58.1 Å². The van der Waals surface area contributed by atoms with Crippen molar-refractivity contribution in [1.82, 2.24) is 15.3 Å². The molecule has 1 aliphatic carbocycles. The molecule has 1 fully saturated rings. The molecule has 2 N–H and O–H groups in total. The SMILES string of the molecule is CC(=O)Nc1cccc(-c2cnc3oc(-c4ccc(C5(NC(=O)OC(C)(C)C)CCC5)cc4)c(-c4ccccc4)c3n2)c1. The molecule has 43 heavy (non-hydrogen) atoms. The first-order valence-corrected chi connectivity index (χ1v) is 14.5. The zero-order valence-electron chi connectivity index (χ0n) is 24.7. The summed E-state index contributed by atoms with van der Waals surface area (Å²) in [6.45, 7) is 7.07. The van der Waals surface area contributed by atoms with Crippen molar-refractivity contribution in [3.63, 3.8) is 0 Å². The maximum Gasteiger partial charge on any atom is 0.408 e. The van der Waals surface area contributed by atoms with Crippen LogP contribution in [-0.2, 0) is 15.1 Å². The molecule has 1 aliphatic rings. The number of benzene rings is 3. The fourth-order valence-electron chi connectivity index (χ4n) is 5.50. The lowest BCUT2D eigenvalue weighted by molar-refractivity contribution is -0.114. The maximum atomic E-state index is 12.6. The van der Waals surface area contributed by atoms with E-state index in [1.54, 1.807) is 6.20 Å². The van der Waals surface area contributed by atoms with Gasteiger partial charge in [-0.25, -0.2) is 14.8 Å². The standard InChI is InChI=1S/C35H34N4O4/c1-22(40)37-27-13-8-12-25(20-27)28-21-36-32-30(38-28)29(23-10-6-5-7-11-23)31(42-32)24-14-16-26(17-15-24)35(18-9-19-35)39-33(41)43-34(2,3)4/h5-8,10-17,20-21H,9,18-19H2,1-4H3,(H,37,40)(H,39,41). The van der Waals surface area contributed by atoms with Crippen molar-refractivity contribution in [3.8, 4) is 33.7 Å². The average molecular weight is 575 g/mol. The van der Waals surface area contributed by atoms with Crippen LogP contribution in [0.4, 0.5) is 10.5 Å². The molecule has 5 aromatic rings. The summed E-state index contributed by atoms with van der Waals surface area (Å²) >= 11 is 0. The second kappa shape index (κ2) is 11.0. The molecule has 8 heteroatoms. The minimum Gasteiger partial charge on any atom is -0.444 e. The third-order valence-electron chi connectivity index (χ3n) is 7.59. The zero-order chi connectivity index (χ0) is 30.2. The van der Waals surface area contributed by atoms with E-state index in [4.69, 9.17) is 14.1 Å². The van der Waals surface area contributed by atoms with Gasteiger partial charge in [-0.3, -0.25) is 4.79 Å². The Morgan fingerprint density at radius 3 is 2.28 bits per heavy atom. The fraction of sp³-hybridized carbons (Fsp3) is 0.257. The molecular weight excluding hydrogens is 540 g/mol. The minimum absolute atomic E-state index is 0.139. The smallest absolute Gasteiger partial charge is 0.408 e. The molecule has 0 unspecified atom stereocenters. The van der Waals surface area contributed by atoms with Gasteiger partial charge in [0.15, 0.2) is 0 Å². The monoisotopic (exact) mass is 574 g/mol. The number of hydrogen-bond donors (Lipinski definition) is 2. The van der Waals surface area contributed by atoms with Crippen LogP contribution in [0.15, 0.2) is 89.5 Å². The first-order valence-electron chi connectivity index (χ1n) is 14.5. The van der Waals surface area contributed by atoms with Gasteiger partial charge < -0.3 is 19.8 Å².